The number of hydrogen-bond donors (Lipinski definition) is 1. The number of aryl methyl sites for hydroxylation is 1. The van der Waals surface area contributed by atoms with Crippen LogP contribution in [0.4, 0.5) is 5.69 Å². The van der Waals surface area contributed by atoms with Gasteiger partial charge in [-0.05, 0) is 49.1 Å². The van der Waals surface area contributed by atoms with Crippen LogP contribution in [-0.4, -0.2) is 35.4 Å². The summed E-state index contributed by atoms with van der Waals surface area (Å²) in [6.07, 6.45) is 5.07. The van der Waals surface area contributed by atoms with E-state index in [1.165, 1.54) is 7.11 Å². The van der Waals surface area contributed by atoms with Crippen LogP contribution in [0.2, 0.25) is 5.02 Å². The fraction of sp³-hybridized carbons (Fsp3) is 0.316. The number of carbonyl (C=O) groups excluding carboxylic acids is 2. The van der Waals surface area contributed by atoms with Crippen LogP contribution >= 0.6 is 11.6 Å². The molecule has 0 unspecified atom stereocenters. The van der Waals surface area contributed by atoms with Crippen molar-refractivity contribution in [2.45, 2.75) is 25.8 Å². The molecule has 0 spiro atoms. The Hall–Kier alpha value is -2.60. The molecule has 1 saturated heterocycles. The van der Waals surface area contributed by atoms with Crippen LogP contribution in [0.1, 0.15) is 30.0 Å². The van der Waals surface area contributed by atoms with Crippen molar-refractivity contribution in [1.29, 1.82) is 0 Å². The predicted molar refractivity (Wildman–Crippen MR) is 99.3 cm³/mol. The molecule has 1 aromatic carbocycles. The maximum absolute atomic E-state index is 12.7. The van der Waals surface area contributed by atoms with Crippen molar-refractivity contribution in [2.24, 2.45) is 0 Å². The van der Waals surface area contributed by atoms with Gasteiger partial charge in [0.25, 0.3) is 0 Å². The largest absolute Gasteiger partial charge is 0.495 e. The maximum atomic E-state index is 12.7. The highest BCUT2D eigenvalue weighted by Gasteiger charge is 2.33. The molecule has 2 aromatic rings. The number of ether oxygens (including phenoxy) is 1. The Morgan fingerprint density at radius 1 is 1.31 bits per heavy atom. The van der Waals surface area contributed by atoms with Gasteiger partial charge in [0.1, 0.15) is 5.75 Å². The van der Waals surface area contributed by atoms with Gasteiger partial charge in [0.05, 0.1) is 18.8 Å². The average Bonchev–Trinajstić information content (AvgIpc) is 3.14. The number of aromatic nitrogens is 1. The minimum atomic E-state index is -0.689. The van der Waals surface area contributed by atoms with Crippen LogP contribution in [0.5, 0.6) is 5.75 Å². The second kappa shape index (κ2) is 7.74. The smallest absolute Gasteiger partial charge is 0.314 e. The summed E-state index contributed by atoms with van der Waals surface area (Å²) in [6.45, 7) is 2.37. The SMILES string of the molecule is COc1cc(Cl)c(C)cc1NC(=O)C(=O)N1CCC[C@@H]1c1ccncc1. The average molecular weight is 374 g/mol. The van der Waals surface area contributed by atoms with Crippen molar-refractivity contribution >= 4 is 29.1 Å². The molecule has 7 heteroatoms. The van der Waals surface area contributed by atoms with Crippen molar-refractivity contribution in [1.82, 2.24) is 9.88 Å². The fourth-order valence-electron chi connectivity index (χ4n) is 3.18. The third-order valence-corrected chi connectivity index (χ3v) is 4.93. The molecule has 1 aliphatic rings. The highest BCUT2D eigenvalue weighted by Crippen LogP contribution is 2.33. The van der Waals surface area contributed by atoms with Crippen LogP contribution < -0.4 is 10.1 Å². The Morgan fingerprint density at radius 3 is 2.73 bits per heavy atom. The highest BCUT2D eigenvalue weighted by molar-refractivity contribution is 6.40. The zero-order valence-corrected chi connectivity index (χ0v) is 15.4. The standard InChI is InChI=1S/C19H20ClN3O3/c1-12-10-15(17(26-2)11-14(12)20)22-18(24)19(25)23-9-3-4-16(23)13-5-7-21-8-6-13/h5-8,10-11,16H,3-4,9H2,1-2H3,(H,22,24)/t16-/m1/s1. The van der Waals surface area contributed by atoms with Gasteiger partial charge in [0.15, 0.2) is 0 Å². The van der Waals surface area contributed by atoms with Gasteiger partial charge in [-0.2, -0.15) is 0 Å². The second-order valence-corrected chi connectivity index (χ2v) is 6.60. The Bertz CT molecular complexity index is 826. The summed E-state index contributed by atoms with van der Waals surface area (Å²) < 4.78 is 5.25. The lowest BCUT2D eigenvalue weighted by Crippen LogP contribution is -2.39. The van der Waals surface area contributed by atoms with Gasteiger partial charge >= 0.3 is 11.8 Å². The summed E-state index contributed by atoms with van der Waals surface area (Å²) in [7, 11) is 1.48. The molecule has 2 amide bonds. The second-order valence-electron chi connectivity index (χ2n) is 6.19. The molecular formula is C19H20ClN3O3. The highest BCUT2D eigenvalue weighted by atomic mass is 35.5. The Kier molecular flexibility index (Phi) is 5.42. The molecular weight excluding hydrogens is 354 g/mol. The number of likely N-dealkylation sites (tertiary alicyclic amines) is 1. The lowest BCUT2D eigenvalue weighted by atomic mass is 10.1. The zero-order chi connectivity index (χ0) is 18.7. The van der Waals surface area contributed by atoms with E-state index in [0.717, 1.165) is 24.0 Å². The number of nitrogens with one attached hydrogen (secondary N) is 1. The number of rotatable bonds is 3. The molecule has 136 valence electrons. The minimum absolute atomic E-state index is 0.106. The Morgan fingerprint density at radius 2 is 2.04 bits per heavy atom. The van der Waals surface area contributed by atoms with Crippen molar-refractivity contribution in [3.05, 3.63) is 52.8 Å². The summed E-state index contributed by atoms with van der Waals surface area (Å²) in [5.41, 5.74) is 2.19. The van der Waals surface area contributed by atoms with Gasteiger partial charge in [0, 0.05) is 30.0 Å². The molecule has 1 aliphatic heterocycles. The first kappa shape index (κ1) is 18.2. The number of anilines is 1. The van der Waals surface area contributed by atoms with E-state index < -0.39 is 11.8 Å². The van der Waals surface area contributed by atoms with E-state index in [1.807, 2.05) is 19.1 Å². The van der Waals surface area contributed by atoms with E-state index in [1.54, 1.807) is 29.4 Å². The molecule has 6 nitrogen and oxygen atoms in total. The summed E-state index contributed by atoms with van der Waals surface area (Å²) in [5.74, 6) is -0.834. The maximum Gasteiger partial charge on any atom is 0.314 e. The lowest BCUT2D eigenvalue weighted by Gasteiger charge is -2.24. The van der Waals surface area contributed by atoms with E-state index >= 15 is 0 Å². The van der Waals surface area contributed by atoms with E-state index in [-0.39, 0.29) is 6.04 Å². The van der Waals surface area contributed by atoms with Gasteiger partial charge in [-0.1, -0.05) is 11.6 Å². The van der Waals surface area contributed by atoms with Gasteiger partial charge in [-0.3, -0.25) is 14.6 Å². The van der Waals surface area contributed by atoms with Crippen molar-refractivity contribution in [3.8, 4) is 5.75 Å². The monoisotopic (exact) mass is 373 g/mol. The molecule has 0 radical (unpaired) electrons. The van der Waals surface area contributed by atoms with Crippen LogP contribution in [0, 0.1) is 6.92 Å². The first-order valence-corrected chi connectivity index (χ1v) is 8.75. The summed E-state index contributed by atoms with van der Waals surface area (Å²) in [5, 5.41) is 3.18. The minimum Gasteiger partial charge on any atom is -0.495 e. The molecule has 2 heterocycles. The topological polar surface area (TPSA) is 71.5 Å². The summed E-state index contributed by atoms with van der Waals surface area (Å²) >= 11 is 6.08. The van der Waals surface area contributed by atoms with Gasteiger partial charge in [0.2, 0.25) is 0 Å². The van der Waals surface area contributed by atoms with Crippen molar-refractivity contribution in [3.63, 3.8) is 0 Å². The van der Waals surface area contributed by atoms with Crippen LogP contribution in [0.3, 0.4) is 0 Å². The van der Waals surface area contributed by atoms with Crippen molar-refractivity contribution in [2.75, 3.05) is 19.0 Å². The van der Waals surface area contributed by atoms with E-state index in [2.05, 4.69) is 10.3 Å². The molecule has 1 N–H and O–H groups in total. The quantitative estimate of drug-likeness (QED) is 0.837. The molecule has 26 heavy (non-hydrogen) atoms. The number of carbonyl (C=O) groups is 2. The number of nitrogens with zero attached hydrogens (tertiary/aromatic N) is 2. The van der Waals surface area contributed by atoms with E-state index in [9.17, 15) is 9.59 Å². The summed E-state index contributed by atoms with van der Waals surface area (Å²) in [4.78, 5) is 30.9. The van der Waals surface area contributed by atoms with Crippen LogP contribution in [0.15, 0.2) is 36.7 Å². The zero-order valence-electron chi connectivity index (χ0n) is 14.7. The molecule has 1 aromatic heterocycles. The number of benzene rings is 1. The van der Waals surface area contributed by atoms with E-state index in [4.69, 9.17) is 16.3 Å². The van der Waals surface area contributed by atoms with Gasteiger partial charge < -0.3 is 15.0 Å². The molecule has 0 saturated carbocycles. The first-order valence-electron chi connectivity index (χ1n) is 8.37. The predicted octanol–water partition coefficient (Wildman–Crippen LogP) is 3.35. The fourth-order valence-corrected chi connectivity index (χ4v) is 3.33. The Balaban J connectivity index is 1.78. The number of amides is 2. The molecule has 1 atom stereocenters. The van der Waals surface area contributed by atoms with E-state index in [0.29, 0.717) is 23.0 Å². The molecule has 1 fully saturated rings. The van der Waals surface area contributed by atoms with Gasteiger partial charge in [-0.25, -0.2) is 0 Å². The third-order valence-electron chi connectivity index (χ3n) is 4.53. The third kappa shape index (κ3) is 3.65. The van der Waals surface area contributed by atoms with Crippen LogP contribution in [-0.2, 0) is 9.59 Å². The number of halogens is 1. The summed E-state index contributed by atoms with van der Waals surface area (Å²) in [6, 6.07) is 6.95. The van der Waals surface area contributed by atoms with Gasteiger partial charge in [-0.15, -0.1) is 0 Å². The Labute approximate surface area is 157 Å². The molecule has 0 aliphatic carbocycles. The first-order chi connectivity index (χ1) is 12.5. The number of pyridine rings is 1. The van der Waals surface area contributed by atoms with Crippen molar-refractivity contribution < 1.29 is 14.3 Å². The number of methoxy groups -OCH3 is 1. The normalized spacial score (nSPS) is 16.4. The number of hydrogen-bond acceptors (Lipinski definition) is 4. The van der Waals surface area contributed by atoms with Crippen LogP contribution in [0.25, 0.3) is 0 Å². The lowest BCUT2D eigenvalue weighted by molar-refractivity contribution is -0.143. The molecule has 3 rings (SSSR count). The molecule has 0 bridgehead atoms.